The lowest BCUT2D eigenvalue weighted by Crippen LogP contribution is -2.43. The van der Waals surface area contributed by atoms with Gasteiger partial charge in [0.1, 0.15) is 5.69 Å². The van der Waals surface area contributed by atoms with Crippen molar-refractivity contribution in [2.24, 2.45) is 5.92 Å². The van der Waals surface area contributed by atoms with Gasteiger partial charge in [-0.25, -0.2) is 0 Å². The van der Waals surface area contributed by atoms with Gasteiger partial charge in [0.05, 0.1) is 17.6 Å². The summed E-state index contributed by atoms with van der Waals surface area (Å²) in [5.41, 5.74) is 0.0632. The van der Waals surface area contributed by atoms with E-state index in [1.807, 2.05) is 18.7 Å². The van der Waals surface area contributed by atoms with E-state index in [2.05, 4.69) is 10.6 Å². The highest BCUT2D eigenvalue weighted by atomic mass is 16.6. The highest BCUT2D eigenvalue weighted by molar-refractivity contribution is 5.94. The van der Waals surface area contributed by atoms with Gasteiger partial charge in [0.25, 0.3) is 5.69 Å². The Morgan fingerprint density at radius 1 is 1.28 bits per heavy atom. The average Bonchev–Trinajstić information content (AvgIpc) is 2.68. The monoisotopic (exact) mass is 406 g/mol. The van der Waals surface area contributed by atoms with Crippen LogP contribution in [0.3, 0.4) is 0 Å². The smallest absolute Gasteiger partial charge is 0.292 e. The Balaban J connectivity index is 1.69. The fraction of sp³-hybridized carbons (Fsp3) is 0.600. The molecule has 9 heteroatoms. The molecule has 0 aromatic heterocycles. The molecule has 0 unspecified atom stereocenters. The lowest BCUT2D eigenvalue weighted by Gasteiger charge is -2.30. The number of nitrogens with zero attached hydrogens (tertiary/aromatic N) is 2. The molecule has 160 valence electrons. The topological polar surface area (TPSA) is 114 Å². The Bertz CT molecular complexity index is 702. The van der Waals surface area contributed by atoms with E-state index in [1.54, 1.807) is 12.1 Å². The molecule has 9 nitrogen and oxygen atoms in total. The van der Waals surface area contributed by atoms with Crippen LogP contribution in [0.1, 0.15) is 33.1 Å². The maximum Gasteiger partial charge on any atom is 0.292 e. The van der Waals surface area contributed by atoms with E-state index in [0.29, 0.717) is 39.1 Å². The van der Waals surface area contributed by atoms with Crippen LogP contribution in [-0.4, -0.2) is 60.5 Å². The first-order chi connectivity index (χ1) is 13.9. The molecule has 0 atom stereocenters. The van der Waals surface area contributed by atoms with E-state index in [4.69, 9.17) is 4.74 Å². The van der Waals surface area contributed by atoms with Crippen LogP contribution in [0.2, 0.25) is 0 Å². The number of anilines is 1. The molecular weight excluding hydrogens is 376 g/mol. The summed E-state index contributed by atoms with van der Waals surface area (Å²) < 4.78 is 5.45. The van der Waals surface area contributed by atoms with E-state index >= 15 is 0 Å². The minimum absolute atomic E-state index is 0.0458. The van der Waals surface area contributed by atoms with Crippen LogP contribution in [-0.2, 0) is 14.3 Å². The number of ether oxygens (including phenoxy) is 1. The van der Waals surface area contributed by atoms with Gasteiger partial charge in [0.15, 0.2) is 0 Å². The first-order valence-corrected chi connectivity index (χ1v) is 10.0. The summed E-state index contributed by atoms with van der Waals surface area (Å²) in [6.45, 7) is 6.61. The van der Waals surface area contributed by atoms with E-state index < -0.39 is 4.92 Å². The Hall–Kier alpha value is -2.52. The van der Waals surface area contributed by atoms with Crippen molar-refractivity contribution in [2.75, 3.05) is 38.1 Å². The number of carbonyl (C=O) groups is 2. The standard InChI is InChI=1S/C20H30N4O5/c1-15(2)29-13-5-10-21-20(26)16-8-11-23(12-9-16)14-19(25)22-17-6-3-4-7-18(17)24(27)28/h3-4,6-7,15-16H,5,8-14H2,1-2H3,(H,21,26)(H,22,25). The number of para-hydroxylation sites is 2. The molecule has 29 heavy (non-hydrogen) atoms. The summed E-state index contributed by atoms with van der Waals surface area (Å²) in [4.78, 5) is 37.0. The number of nitro groups is 1. The number of likely N-dealkylation sites (tertiary alicyclic amines) is 1. The highest BCUT2D eigenvalue weighted by Gasteiger charge is 2.26. The zero-order valence-corrected chi connectivity index (χ0v) is 17.1. The molecule has 0 radical (unpaired) electrons. The van der Waals surface area contributed by atoms with E-state index in [9.17, 15) is 19.7 Å². The number of nitrogens with one attached hydrogen (secondary N) is 2. The first-order valence-electron chi connectivity index (χ1n) is 10.0. The van der Waals surface area contributed by atoms with Crippen LogP contribution < -0.4 is 10.6 Å². The fourth-order valence-electron chi connectivity index (χ4n) is 3.23. The van der Waals surface area contributed by atoms with Gasteiger partial charge in [0.2, 0.25) is 11.8 Å². The van der Waals surface area contributed by atoms with Crippen LogP contribution in [0.4, 0.5) is 11.4 Å². The normalized spacial score (nSPS) is 15.3. The van der Waals surface area contributed by atoms with Crippen molar-refractivity contribution in [3.8, 4) is 0 Å². The third kappa shape index (κ3) is 7.78. The van der Waals surface area contributed by atoms with E-state index in [-0.39, 0.29) is 41.8 Å². The molecule has 1 aliphatic heterocycles. The van der Waals surface area contributed by atoms with Gasteiger partial charge in [-0.3, -0.25) is 24.6 Å². The summed E-state index contributed by atoms with van der Waals surface area (Å²) in [5.74, 6) is -0.290. The van der Waals surface area contributed by atoms with Crippen molar-refractivity contribution in [3.63, 3.8) is 0 Å². The summed E-state index contributed by atoms with van der Waals surface area (Å²) in [7, 11) is 0. The Labute approximate surface area is 170 Å². The number of hydrogen-bond acceptors (Lipinski definition) is 6. The molecule has 1 aromatic carbocycles. The second-order valence-electron chi connectivity index (χ2n) is 7.44. The van der Waals surface area contributed by atoms with Gasteiger partial charge in [0, 0.05) is 25.1 Å². The van der Waals surface area contributed by atoms with Crippen molar-refractivity contribution >= 4 is 23.2 Å². The van der Waals surface area contributed by atoms with Crippen LogP contribution in [0, 0.1) is 16.0 Å². The molecular formula is C20H30N4O5. The van der Waals surface area contributed by atoms with Crippen LogP contribution in [0.25, 0.3) is 0 Å². The number of carbonyl (C=O) groups excluding carboxylic acids is 2. The number of nitro benzene ring substituents is 1. The van der Waals surface area contributed by atoms with E-state index in [1.165, 1.54) is 12.1 Å². The van der Waals surface area contributed by atoms with Gasteiger partial charge in [-0.05, 0) is 52.3 Å². The summed E-state index contributed by atoms with van der Waals surface area (Å²) in [6.07, 6.45) is 2.36. The SMILES string of the molecule is CC(C)OCCCNC(=O)C1CCN(CC(=O)Nc2ccccc2[N+](=O)[O-])CC1. The molecule has 1 aromatic rings. The number of benzene rings is 1. The molecule has 1 fully saturated rings. The summed E-state index contributed by atoms with van der Waals surface area (Å²) >= 11 is 0. The van der Waals surface area contributed by atoms with Crippen LogP contribution in [0.5, 0.6) is 0 Å². The number of rotatable bonds is 10. The molecule has 2 N–H and O–H groups in total. The fourth-order valence-corrected chi connectivity index (χ4v) is 3.23. The molecule has 2 amide bonds. The average molecular weight is 406 g/mol. The van der Waals surface area contributed by atoms with Crippen molar-refractivity contribution in [1.82, 2.24) is 10.2 Å². The maximum absolute atomic E-state index is 12.3. The second-order valence-corrected chi connectivity index (χ2v) is 7.44. The van der Waals surface area contributed by atoms with Crippen molar-refractivity contribution in [1.29, 1.82) is 0 Å². The summed E-state index contributed by atoms with van der Waals surface area (Å²) in [5, 5.41) is 16.6. The van der Waals surface area contributed by atoms with Crippen molar-refractivity contribution in [3.05, 3.63) is 34.4 Å². The maximum atomic E-state index is 12.3. The lowest BCUT2D eigenvalue weighted by atomic mass is 9.96. The van der Waals surface area contributed by atoms with Gasteiger partial charge in [-0.15, -0.1) is 0 Å². The summed E-state index contributed by atoms with van der Waals surface area (Å²) in [6, 6.07) is 6.07. The minimum atomic E-state index is -0.519. The first kappa shape index (κ1) is 22.8. The highest BCUT2D eigenvalue weighted by Crippen LogP contribution is 2.23. The van der Waals surface area contributed by atoms with Gasteiger partial charge >= 0.3 is 0 Å². The predicted molar refractivity (Wildman–Crippen MR) is 110 cm³/mol. The zero-order valence-electron chi connectivity index (χ0n) is 17.1. The van der Waals surface area contributed by atoms with Gasteiger partial charge in [-0.2, -0.15) is 0 Å². The molecule has 1 heterocycles. The third-order valence-corrected chi connectivity index (χ3v) is 4.77. The number of piperidine rings is 1. The molecule has 1 aliphatic rings. The molecule has 0 saturated carbocycles. The quantitative estimate of drug-likeness (QED) is 0.350. The second kappa shape index (κ2) is 11.5. The molecule has 0 bridgehead atoms. The molecule has 1 saturated heterocycles. The Morgan fingerprint density at radius 2 is 1.97 bits per heavy atom. The molecule has 0 aliphatic carbocycles. The van der Waals surface area contributed by atoms with Crippen molar-refractivity contribution in [2.45, 2.75) is 39.2 Å². The molecule has 2 rings (SSSR count). The zero-order chi connectivity index (χ0) is 21.2. The number of hydrogen-bond donors (Lipinski definition) is 2. The number of amides is 2. The van der Waals surface area contributed by atoms with Gasteiger partial charge < -0.3 is 15.4 Å². The minimum Gasteiger partial charge on any atom is -0.379 e. The predicted octanol–water partition coefficient (Wildman–Crippen LogP) is 2.18. The van der Waals surface area contributed by atoms with Crippen molar-refractivity contribution < 1.29 is 19.2 Å². The van der Waals surface area contributed by atoms with Crippen LogP contribution in [0.15, 0.2) is 24.3 Å². The third-order valence-electron chi connectivity index (χ3n) is 4.77. The molecule has 0 spiro atoms. The largest absolute Gasteiger partial charge is 0.379 e. The van der Waals surface area contributed by atoms with Gasteiger partial charge in [-0.1, -0.05) is 12.1 Å². The Morgan fingerprint density at radius 3 is 2.62 bits per heavy atom. The van der Waals surface area contributed by atoms with Crippen LogP contribution >= 0.6 is 0 Å². The Kier molecular flexibility index (Phi) is 9.01. The lowest BCUT2D eigenvalue weighted by molar-refractivity contribution is -0.383. The van der Waals surface area contributed by atoms with E-state index in [0.717, 1.165) is 6.42 Å².